The number of rotatable bonds is 9. The predicted molar refractivity (Wildman–Crippen MR) is 126 cm³/mol. The second-order valence-electron chi connectivity index (χ2n) is 6.68. The smallest absolute Gasteiger partial charge is 0.351 e. The summed E-state index contributed by atoms with van der Waals surface area (Å²) in [6, 6.07) is 16.0. The van der Waals surface area contributed by atoms with Gasteiger partial charge in [0.15, 0.2) is 0 Å². The highest BCUT2D eigenvalue weighted by molar-refractivity contribution is 7.54. The van der Waals surface area contributed by atoms with Crippen molar-refractivity contribution in [3.63, 3.8) is 0 Å². The zero-order chi connectivity index (χ0) is 22.4. The second-order valence-corrected chi connectivity index (χ2v) is 9.78. The normalized spacial score (nSPS) is 12.5. The van der Waals surface area contributed by atoms with Crippen LogP contribution in [0.5, 0.6) is 0 Å². The van der Waals surface area contributed by atoms with Crippen LogP contribution < -0.4 is 16.8 Å². The minimum absolute atomic E-state index is 0.220. The Morgan fingerprint density at radius 3 is 2.35 bits per heavy atom. The van der Waals surface area contributed by atoms with Crippen molar-refractivity contribution in [2.45, 2.75) is 19.6 Å². The molecule has 0 spiro atoms. The first-order chi connectivity index (χ1) is 14.9. The Labute approximate surface area is 185 Å². The molecule has 0 saturated carbocycles. The third kappa shape index (κ3) is 5.42. The Hall–Kier alpha value is -2.48. The van der Waals surface area contributed by atoms with Gasteiger partial charge >= 0.3 is 7.60 Å². The number of hydrogen-bond donors (Lipinski definition) is 3. The molecule has 9 heteroatoms. The molecular formula is C22H26N3O4PS. The summed E-state index contributed by atoms with van der Waals surface area (Å²) < 4.78 is 23.5. The van der Waals surface area contributed by atoms with Gasteiger partial charge in [0.1, 0.15) is 5.78 Å². The van der Waals surface area contributed by atoms with Gasteiger partial charge in [-0.1, -0.05) is 24.3 Å². The van der Waals surface area contributed by atoms with Crippen LogP contribution in [0.4, 0.5) is 11.4 Å². The molecule has 164 valence electrons. The summed E-state index contributed by atoms with van der Waals surface area (Å²) >= 11 is 1.61. The monoisotopic (exact) mass is 459 g/mol. The predicted octanol–water partition coefficient (Wildman–Crippen LogP) is 5.47. The van der Waals surface area contributed by atoms with Crippen LogP contribution in [-0.2, 0) is 13.6 Å². The lowest BCUT2D eigenvalue weighted by atomic mass is 10.1. The van der Waals surface area contributed by atoms with E-state index in [4.69, 9.17) is 20.5 Å². The minimum atomic E-state index is -3.50. The number of anilines is 2. The number of nitrogen functional groups attached to an aromatic ring is 1. The lowest BCUT2D eigenvalue weighted by Gasteiger charge is -2.23. The molecule has 5 N–H and O–H groups in total. The Morgan fingerprint density at radius 2 is 1.77 bits per heavy atom. The second kappa shape index (κ2) is 10.2. The van der Waals surface area contributed by atoms with Gasteiger partial charge in [-0.15, -0.1) is 11.3 Å². The van der Waals surface area contributed by atoms with Crippen LogP contribution >= 0.6 is 18.9 Å². The van der Waals surface area contributed by atoms with Crippen LogP contribution in [0.2, 0.25) is 0 Å². The molecule has 0 aliphatic rings. The third-order valence-electron chi connectivity index (χ3n) is 4.58. The number of nitrogens with one attached hydrogen (secondary N) is 1. The van der Waals surface area contributed by atoms with Crippen molar-refractivity contribution in [3.05, 3.63) is 71.1 Å². The first-order valence-corrected chi connectivity index (χ1v) is 12.4. The summed E-state index contributed by atoms with van der Waals surface area (Å²) in [5.74, 6) is -1.25. The molecule has 3 aromatic rings. The molecule has 1 atom stereocenters. The Balaban J connectivity index is 1.77. The van der Waals surface area contributed by atoms with Crippen LogP contribution in [0.3, 0.4) is 0 Å². The van der Waals surface area contributed by atoms with Crippen LogP contribution in [-0.4, -0.2) is 19.1 Å². The van der Waals surface area contributed by atoms with Gasteiger partial charge in [0.25, 0.3) is 5.91 Å². The maximum atomic E-state index is 12.9. The Bertz CT molecular complexity index is 1060. The Kier molecular flexibility index (Phi) is 7.64. The molecule has 2 aromatic carbocycles. The fourth-order valence-corrected chi connectivity index (χ4v) is 5.40. The average Bonchev–Trinajstić information content (AvgIpc) is 3.30. The van der Waals surface area contributed by atoms with E-state index in [1.807, 2.05) is 29.6 Å². The van der Waals surface area contributed by atoms with Gasteiger partial charge in [-0.2, -0.15) is 0 Å². The van der Waals surface area contributed by atoms with Crippen molar-refractivity contribution >= 4 is 36.2 Å². The lowest BCUT2D eigenvalue weighted by molar-refractivity contribution is 0.102. The quantitative estimate of drug-likeness (QED) is 0.288. The zero-order valence-electron chi connectivity index (χ0n) is 17.4. The molecule has 0 aliphatic heterocycles. The highest BCUT2D eigenvalue weighted by Crippen LogP contribution is 2.58. The molecule has 0 saturated heterocycles. The van der Waals surface area contributed by atoms with Gasteiger partial charge in [0, 0.05) is 10.4 Å². The summed E-state index contributed by atoms with van der Waals surface area (Å²) in [4.78, 5) is 13.8. The van der Waals surface area contributed by atoms with Crippen molar-refractivity contribution < 1.29 is 18.4 Å². The van der Waals surface area contributed by atoms with E-state index < -0.39 is 13.4 Å². The van der Waals surface area contributed by atoms with E-state index in [1.54, 1.807) is 55.5 Å². The molecule has 0 radical (unpaired) electrons. The van der Waals surface area contributed by atoms with E-state index >= 15 is 0 Å². The van der Waals surface area contributed by atoms with Crippen LogP contribution in [0.15, 0.2) is 60.0 Å². The molecular weight excluding hydrogens is 433 g/mol. The van der Waals surface area contributed by atoms with Crippen molar-refractivity contribution in [1.82, 2.24) is 0 Å². The van der Waals surface area contributed by atoms with Gasteiger partial charge in [-0.05, 0) is 60.7 Å². The molecule has 1 amide bonds. The number of carbonyl (C=O) groups is 1. The Morgan fingerprint density at radius 1 is 1.10 bits per heavy atom. The maximum Gasteiger partial charge on any atom is 0.351 e. The van der Waals surface area contributed by atoms with E-state index in [-0.39, 0.29) is 19.1 Å². The highest BCUT2D eigenvalue weighted by Gasteiger charge is 2.33. The summed E-state index contributed by atoms with van der Waals surface area (Å²) in [5, 5.41) is 4.85. The van der Waals surface area contributed by atoms with Crippen molar-refractivity contribution in [2.24, 2.45) is 5.73 Å². The molecule has 0 aliphatic carbocycles. The summed E-state index contributed by atoms with van der Waals surface area (Å²) in [6.07, 6.45) is 0. The molecule has 3 rings (SSSR count). The SMILES string of the molecule is CCOP(=O)(OCC)C(N)c1ccc(C(=O)Nc2cc(-c3cccs3)ccc2N)cc1. The number of carbonyl (C=O) groups excluding carboxylic acids is 1. The number of benzene rings is 2. The first kappa shape index (κ1) is 23.2. The topological polar surface area (TPSA) is 117 Å². The van der Waals surface area contributed by atoms with Crippen LogP contribution in [0.1, 0.15) is 35.6 Å². The van der Waals surface area contributed by atoms with E-state index in [0.717, 1.165) is 10.4 Å². The molecule has 0 bridgehead atoms. The average molecular weight is 460 g/mol. The first-order valence-electron chi connectivity index (χ1n) is 9.87. The van der Waals surface area contributed by atoms with Crippen molar-refractivity contribution in [1.29, 1.82) is 0 Å². The lowest BCUT2D eigenvalue weighted by Crippen LogP contribution is -2.16. The molecule has 1 heterocycles. The fourth-order valence-electron chi connectivity index (χ4n) is 3.03. The van der Waals surface area contributed by atoms with Crippen LogP contribution in [0.25, 0.3) is 10.4 Å². The van der Waals surface area contributed by atoms with Gasteiger partial charge in [-0.25, -0.2) is 0 Å². The number of amides is 1. The summed E-state index contributed by atoms with van der Waals surface area (Å²) in [6.45, 7) is 3.89. The molecule has 31 heavy (non-hydrogen) atoms. The van der Waals surface area contributed by atoms with Gasteiger partial charge in [-0.3, -0.25) is 9.36 Å². The zero-order valence-corrected chi connectivity index (χ0v) is 19.1. The summed E-state index contributed by atoms with van der Waals surface area (Å²) in [5.41, 5.74) is 15.2. The van der Waals surface area contributed by atoms with E-state index in [2.05, 4.69) is 5.32 Å². The molecule has 0 fully saturated rings. The van der Waals surface area contributed by atoms with E-state index in [9.17, 15) is 9.36 Å². The number of thiophene rings is 1. The third-order valence-corrected chi connectivity index (χ3v) is 7.71. The standard InChI is InChI=1S/C22H26N3O4PS/c1-3-28-30(27,29-4-2)21(24)15-7-9-16(10-8-15)22(26)25-19-14-17(11-12-18(19)23)20-6-5-13-31-20/h5-14,21H,3-4,23-24H2,1-2H3,(H,25,26). The fraction of sp³-hybridized carbons (Fsp3) is 0.227. The minimum Gasteiger partial charge on any atom is -0.397 e. The highest BCUT2D eigenvalue weighted by atomic mass is 32.1. The van der Waals surface area contributed by atoms with Crippen LogP contribution in [0, 0.1) is 0 Å². The molecule has 1 aromatic heterocycles. The van der Waals surface area contributed by atoms with Gasteiger partial charge in [0.2, 0.25) is 0 Å². The van der Waals surface area contributed by atoms with E-state index in [1.165, 1.54) is 0 Å². The van der Waals surface area contributed by atoms with Crippen molar-refractivity contribution in [2.75, 3.05) is 24.3 Å². The molecule has 1 unspecified atom stereocenters. The largest absolute Gasteiger partial charge is 0.397 e. The molecule has 7 nitrogen and oxygen atoms in total. The van der Waals surface area contributed by atoms with Gasteiger partial charge in [0.05, 0.1) is 24.6 Å². The van der Waals surface area contributed by atoms with E-state index in [0.29, 0.717) is 22.5 Å². The van der Waals surface area contributed by atoms with Gasteiger partial charge < -0.3 is 25.8 Å². The number of hydrogen-bond acceptors (Lipinski definition) is 7. The maximum absolute atomic E-state index is 12.9. The van der Waals surface area contributed by atoms with Crippen molar-refractivity contribution in [3.8, 4) is 10.4 Å². The number of nitrogens with two attached hydrogens (primary N) is 2. The summed E-state index contributed by atoms with van der Waals surface area (Å²) in [7, 11) is -3.50.